The summed E-state index contributed by atoms with van der Waals surface area (Å²) in [5.41, 5.74) is 0.486. The van der Waals surface area contributed by atoms with Gasteiger partial charge >= 0.3 is 0 Å². The Morgan fingerprint density at radius 2 is 2.12 bits per heavy atom. The van der Waals surface area contributed by atoms with Gasteiger partial charge in [0, 0.05) is 25.6 Å². The lowest BCUT2D eigenvalue weighted by atomic mass is 10.3. The molecule has 1 fully saturated rings. The number of hydrogen-bond donors (Lipinski definition) is 0. The van der Waals surface area contributed by atoms with E-state index in [1.165, 1.54) is 12.8 Å². The maximum atomic E-state index is 8.94. The Morgan fingerprint density at radius 3 is 2.75 bits per heavy atom. The van der Waals surface area contributed by atoms with Crippen molar-refractivity contribution in [3.63, 3.8) is 0 Å². The second kappa shape index (κ2) is 4.93. The van der Waals surface area contributed by atoms with Crippen LogP contribution in [0.3, 0.4) is 0 Å². The number of aryl methyl sites for hydroxylation is 1. The summed E-state index contributed by atoms with van der Waals surface area (Å²) < 4.78 is 0. The molecule has 0 bridgehead atoms. The molecular weight excluding hydrogens is 200 g/mol. The Hall–Kier alpha value is -1.63. The molecule has 0 spiro atoms. The van der Waals surface area contributed by atoms with Gasteiger partial charge in [-0.3, -0.25) is 0 Å². The summed E-state index contributed by atoms with van der Waals surface area (Å²) in [5, 5.41) is 8.94. The van der Waals surface area contributed by atoms with E-state index in [1.807, 2.05) is 0 Å². The average Bonchev–Trinajstić information content (AvgIpc) is 2.82. The molecule has 0 radical (unpaired) electrons. The third kappa shape index (κ3) is 2.30. The van der Waals surface area contributed by atoms with Crippen LogP contribution in [0, 0.1) is 11.3 Å². The van der Waals surface area contributed by atoms with Gasteiger partial charge in [-0.2, -0.15) is 5.26 Å². The highest BCUT2D eigenvalue weighted by molar-refractivity contribution is 5.43. The molecule has 1 aliphatic heterocycles. The Kier molecular flexibility index (Phi) is 3.35. The van der Waals surface area contributed by atoms with Crippen molar-refractivity contribution in [2.24, 2.45) is 0 Å². The van der Waals surface area contributed by atoms with E-state index in [1.54, 1.807) is 6.07 Å². The van der Waals surface area contributed by atoms with Crippen molar-refractivity contribution in [2.45, 2.75) is 32.6 Å². The predicted molar refractivity (Wildman–Crippen MR) is 62.2 cm³/mol. The minimum Gasteiger partial charge on any atom is -0.356 e. The first-order valence-electron chi connectivity index (χ1n) is 5.86. The van der Waals surface area contributed by atoms with Crippen molar-refractivity contribution in [1.82, 2.24) is 9.97 Å². The minimum atomic E-state index is 0.486. The van der Waals surface area contributed by atoms with Crippen LogP contribution >= 0.6 is 0 Å². The summed E-state index contributed by atoms with van der Waals surface area (Å²) >= 11 is 0. The molecule has 1 aliphatic rings. The van der Waals surface area contributed by atoms with Gasteiger partial charge in [0.1, 0.15) is 23.4 Å². The third-order valence-corrected chi connectivity index (χ3v) is 2.78. The number of nitrogens with zero attached hydrogens (tertiary/aromatic N) is 4. The summed E-state index contributed by atoms with van der Waals surface area (Å²) in [6.07, 6.45) is 4.29. The molecule has 0 atom stereocenters. The quantitative estimate of drug-likeness (QED) is 0.774. The van der Waals surface area contributed by atoms with Crippen molar-refractivity contribution < 1.29 is 0 Å². The monoisotopic (exact) mass is 216 g/mol. The molecule has 0 N–H and O–H groups in total. The third-order valence-electron chi connectivity index (χ3n) is 2.78. The summed E-state index contributed by atoms with van der Waals surface area (Å²) in [5.74, 6) is 1.72. The maximum absolute atomic E-state index is 8.94. The topological polar surface area (TPSA) is 52.8 Å². The van der Waals surface area contributed by atoms with Gasteiger partial charge in [-0.15, -0.1) is 0 Å². The second-order valence-electron chi connectivity index (χ2n) is 4.08. The predicted octanol–water partition coefficient (Wildman–Crippen LogP) is 1.90. The molecular formula is C12H16N4. The Bertz CT molecular complexity index is 402. The van der Waals surface area contributed by atoms with Crippen LogP contribution in [0.2, 0.25) is 0 Å². The van der Waals surface area contributed by atoms with Crippen molar-refractivity contribution >= 4 is 5.82 Å². The molecule has 4 heteroatoms. The smallest absolute Gasteiger partial charge is 0.146 e. The first-order valence-corrected chi connectivity index (χ1v) is 5.86. The number of anilines is 1. The molecule has 1 saturated heterocycles. The number of rotatable bonds is 3. The van der Waals surface area contributed by atoms with Crippen LogP contribution in [-0.4, -0.2) is 23.1 Å². The number of nitriles is 1. The van der Waals surface area contributed by atoms with E-state index in [2.05, 4.69) is 27.9 Å². The first kappa shape index (κ1) is 10.9. The van der Waals surface area contributed by atoms with Crippen LogP contribution in [0.4, 0.5) is 5.82 Å². The molecule has 0 saturated carbocycles. The van der Waals surface area contributed by atoms with E-state index in [0.29, 0.717) is 5.69 Å². The lowest BCUT2D eigenvalue weighted by Crippen LogP contribution is -2.20. The fourth-order valence-electron chi connectivity index (χ4n) is 1.98. The van der Waals surface area contributed by atoms with Crippen LogP contribution in [0.25, 0.3) is 0 Å². The van der Waals surface area contributed by atoms with Gasteiger partial charge in [0.15, 0.2) is 0 Å². The maximum Gasteiger partial charge on any atom is 0.146 e. The minimum absolute atomic E-state index is 0.486. The fourth-order valence-corrected chi connectivity index (χ4v) is 1.98. The molecule has 0 amide bonds. The highest BCUT2D eigenvalue weighted by atomic mass is 15.2. The van der Waals surface area contributed by atoms with Gasteiger partial charge < -0.3 is 4.90 Å². The lowest BCUT2D eigenvalue weighted by molar-refractivity contribution is 0.814. The van der Waals surface area contributed by atoms with Crippen LogP contribution < -0.4 is 4.90 Å². The highest BCUT2D eigenvalue weighted by Crippen LogP contribution is 2.18. The summed E-state index contributed by atoms with van der Waals surface area (Å²) in [6.45, 7) is 4.19. The lowest BCUT2D eigenvalue weighted by Gasteiger charge is -2.16. The molecule has 0 aromatic carbocycles. The van der Waals surface area contributed by atoms with Crippen LogP contribution in [0.1, 0.15) is 37.7 Å². The van der Waals surface area contributed by atoms with E-state index in [9.17, 15) is 0 Å². The van der Waals surface area contributed by atoms with E-state index >= 15 is 0 Å². The van der Waals surface area contributed by atoms with Crippen molar-refractivity contribution in [2.75, 3.05) is 18.0 Å². The van der Waals surface area contributed by atoms with Crippen LogP contribution in [0.5, 0.6) is 0 Å². The first-order chi connectivity index (χ1) is 7.83. The molecule has 1 aromatic rings. The van der Waals surface area contributed by atoms with Gasteiger partial charge in [0.25, 0.3) is 0 Å². The van der Waals surface area contributed by atoms with Crippen molar-refractivity contribution in [1.29, 1.82) is 5.26 Å². The number of hydrogen-bond acceptors (Lipinski definition) is 4. The van der Waals surface area contributed by atoms with Crippen molar-refractivity contribution in [3.05, 3.63) is 17.6 Å². The van der Waals surface area contributed by atoms with Crippen LogP contribution in [0.15, 0.2) is 6.07 Å². The van der Waals surface area contributed by atoms with Gasteiger partial charge in [-0.1, -0.05) is 6.92 Å². The molecule has 2 rings (SSSR count). The van der Waals surface area contributed by atoms with Gasteiger partial charge in [-0.05, 0) is 19.3 Å². The normalized spacial score (nSPS) is 15.1. The Balaban J connectivity index is 2.29. The average molecular weight is 216 g/mol. The summed E-state index contributed by atoms with van der Waals surface area (Å²) in [6, 6.07) is 3.91. The van der Waals surface area contributed by atoms with Gasteiger partial charge in [0.2, 0.25) is 0 Å². The summed E-state index contributed by atoms with van der Waals surface area (Å²) in [7, 11) is 0. The molecule has 1 aromatic heterocycles. The Morgan fingerprint density at radius 1 is 1.38 bits per heavy atom. The zero-order valence-electron chi connectivity index (χ0n) is 9.61. The van der Waals surface area contributed by atoms with Gasteiger partial charge in [-0.25, -0.2) is 9.97 Å². The molecule has 2 heterocycles. The van der Waals surface area contributed by atoms with E-state index in [0.717, 1.165) is 37.6 Å². The van der Waals surface area contributed by atoms with Crippen molar-refractivity contribution in [3.8, 4) is 6.07 Å². The molecule has 4 nitrogen and oxygen atoms in total. The van der Waals surface area contributed by atoms with Crippen LogP contribution in [-0.2, 0) is 6.42 Å². The zero-order chi connectivity index (χ0) is 11.4. The molecule has 0 unspecified atom stereocenters. The van der Waals surface area contributed by atoms with E-state index < -0.39 is 0 Å². The van der Waals surface area contributed by atoms with E-state index in [-0.39, 0.29) is 0 Å². The molecule has 84 valence electrons. The summed E-state index contributed by atoms with van der Waals surface area (Å²) in [4.78, 5) is 11.0. The standard InChI is InChI=1S/C12H16N4/c1-2-5-11-14-10(9-13)8-12(15-11)16-6-3-4-7-16/h8H,2-7H2,1H3. The zero-order valence-corrected chi connectivity index (χ0v) is 9.61. The highest BCUT2D eigenvalue weighted by Gasteiger charge is 2.15. The molecule has 16 heavy (non-hydrogen) atoms. The SMILES string of the molecule is CCCc1nc(C#N)cc(N2CCCC2)n1. The largest absolute Gasteiger partial charge is 0.356 e. The second-order valence-corrected chi connectivity index (χ2v) is 4.08. The van der Waals surface area contributed by atoms with Gasteiger partial charge in [0.05, 0.1) is 0 Å². The van der Waals surface area contributed by atoms with E-state index in [4.69, 9.17) is 5.26 Å². The number of aromatic nitrogens is 2. The Labute approximate surface area is 95.9 Å². The molecule has 0 aliphatic carbocycles. The fraction of sp³-hybridized carbons (Fsp3) is 0.583.